The summed E-state index contributed by atoms with van der Waals surface area (Å²) < 4.78 is 5.37. The van der Waals surface area contributed by atoms with E-state index in [1.54, 1.807) is 0 Å². The number of nitrogens with zero attached hydrogens (tertiary/aromatic N) is 1. The van der Waals surface area contributed by atoms with Crippen LogP contribution in [0.4, 0.5) is 4.79 Å². The number of hydrogen-bond donors (Lipinski definition) is 0. The lowest BCUT2D eigenvalue weighted by molar-refractivity contribution is 0.00806. The van der Waals surface area contributed by atoms with Crippen molar-refractivity contribution in [2.45, 2.75) is 59.1 Å². The Labute approximate surface area is 92.8 Å². The van der Waals surface area contributed by atoms with E-state index in [9.17, 15) is 4.79 Å². The quantitative estimate of drug-likeness (QED) is 0.619. The highest BCUT2D eigenvalue weighted by Crippen LogP contribution is 2.23. The van der Waals surface area contributed by atoms with Crippen LogP contribution in [0.15, 0.2) is 0 Å². The summed E-state index contributed by atoms with van der Waals surface area (Å²) in [6.45, 7) is 10.9. The third kappa shape index (κ3) is 3.73. The van der Waals surface area contributed by atoms with E-state index in [4.69, 9.17) is 4.74 Å². The lowest BCUT2D eigenvalue weighted by Crippen LogP contribution is -2.46. The molecule has 2 atom stereocenters. The molecular weight excluding hydrogens is 190 g/mol. The van der Waals surface area contributed by atoms with Gasteiger partial charge in [-0.2, -0.15) is 0 Å². The van der Waals surface area contributed by atoms with E-state index in [0.29, 0.717) is 6.04 Å². The van der Waals surface area contributed by atoms with Gasteiger partial charge in [-0.05, 0) is 46.5 Å². The fourth-order valence-corrected chi connectivity index (χ4v) is 2.00. The molecule has 0 spiro atoms. The van der Waals surface area contributed by atoms with Crippen LogP contribution in [0.5, 0.6) is 0 Å². The molecule has 0 unspecified atom stereocenters. The fourth-order valence-electron chi connectivity index (χ4n) is 2.00. The number of carbonyl (C=O) groups excluding carboxylic acids is 1. The summed E-state index contributed by atoms with van der Waals surface area (Å²) in [4.78, 5) is 13.7. The average molecular weight is 213 g/mol. The molecule has 1 rings (SSSR count). The first-order valence-electron chi connectivity index (χ1n) is 5.79. The Morgan fingerprint density at radius 2 is 1.93 bits per heavy atom. The summed E-state index contributed by atoms with van der Waals surface area (Å²) in [6.07, 6.45) is 2.00. The number of likely N-dealkylation sites (tertiary alicyclic amines) is 1. The predicted octanol–water partition coefficient (Wildman–Crippen LogP) is 3.04. The third-order valence-corrected chi connectivity index (χ3v) is 2.77. The van der Waals surface area contributed by atoms with Crippen LogP contribution < -0.4 is 0 Å². The zero-order valence-electron chi connectivity index (χ0n) is 10.5. The minimum absolute atomic E-state index is 0.165. The summed E-state index contributed by atoms with van der Waals surface area (Å²) in [5.41, 5.74) is -0.389. The van der Waals surface area contributed by atoms with E-state index in [1.807, 2.05) is 25.7 Å². The molecule has 0 saturated carbocycles. The fraction of sp³-hybridized carbons (Fsp3) is 0.917. The normalized spacial score (nSPS) is 27.7. The van der Waals surface area contributed by atoms with Crippen molar-refractivity contribution in [1.82, 2.24) is 4.90 Å². The van der Waals surface area contributed by atoms with Crippen LogP contribution in [0.25, 0.3) is 0 Å². The van der Waals surface area contributed by atoms with Gasteiger partial charge in [-0.1, -0.05) is 6.92 Å². The van der Waals surface area contributed by atoms with Gasteiger partial charge < -0.3 is 9.64 Å². The smallest absolute Gasteiger partial charge is 0.410 e. The summed E-state index contributed by atoms with van der Waals surface area (Å²) in [7, 11) is 0. The molecule has 0 radical (unpaired) electrons. The molecule has 1 fully saturated rings. The van der Waals surface area contributed by atoms with Gasteiger partial charge >= 0.3 is 6.09 Å². The van der Waals surface area contributed by atoms with Crippen LogP contribution in [0, 0.1) is 5.92 Å². The molecule has 0 aromatic carbocycles. The van der Waals surface area contributed by atoms with E-state index >= 15 is 0 Å². The zero-order valence-corrected chi connectivity index (χ0v) is 10.5. The first-order chi connectivity index (χ1) is 6.79. The highest BCUT2D eigenvalue weighted by Gasteiger charge is 2.29. The molecule has 88 valence electrons. The molecule has 1 heterocycles. The van der Waals surface area contributed by atoms with Gasteiger partial charge in [0.15, 0.2) is 0 Å². The van der Waals surface area contributed by atoms with Crippen molar-refractivity contribution in [3.8, 4) is 0 Å². The van der Waals surface area contributed by atoms with Crippen LogP contribution >= 0.6 is 0 Å². The van der Waals surface area contributed by atoms with Gasteiger partial charge in [0, 0.05) is 12.6 Å². The number of amides is 1. The predicted molar refractivity (Wildman–Crippen MR) is 60.8 cm³/mol. The monoisotopic (exact) mass is 213 g/mol. The Bertz CT molecular complexity index is 232. The minimum Gasteiger partial charge on any atom is -0.444 e. The molecule has 0 aromatic rings. The van der Waals surface area contributed by atoms with Gasteiger partial charge in [-0.3, -0.25) is 0 Å². The Morgan fingerprint density at radius 3 is 2.40 bits per heavy atom. The second-order valence-electron chi connectivity index (χ2n) is 5.65. The van der Waals surface area contributed by atoms with Crippen molar-refractivity contribution < 1.29 is 9.53 Å². The molecule has 0 N–H and O–H groups in total. The highest BCUT2D eigenvalue weighted by molar-refractivity contribution is 5.68. The molecule has 0 aliphatic carbocycles. The van der Waals surface area contributed by atoms with E-state index in [2.05, 4.69) is 13.8 Å². The van der Waals surface area contributed by atoms with Crippen LogP contribution in [0.2, 0.25) is 0 Å². The maximum Gasteiger partial charge on any atom is 0.410 e. The molecule has 1 amide bonds. The van der Waals surface area contributed by atoms with E-state index in [0.717, 1.165) is 25.3 Å². The number of piperidine rings is 1. The Kier molecular flexibility index (Phi) is 3.63. The van der Waals surface area contributed by atoms with Crippen LogP contribution in [0.3, 0.4) is 0 Å². The molecule has 3 heteroatoms. The molecule has 0 bridgehead atoms. The largest absolute Gasteiger partial charge is 0.444 e. The Hall–Kier alpha value is -0.730. The topological polar surface area (TPSA) is 29.5 Å². The Balaban J connectivity index is 2.53. The van der Waals surface area contributed by atoms with Gasteiger partial charge in [0.05, 0.1) is 0 Å². The third-order valence-electron chi connectivity index (χ3n) is 2.77. The molecule has 1 aliphatic rings. The van der Waals surface area contributed by atoms with Crippen molar-refractivity contribution in [2.75, 3.05) is 6.54 Å². The van der Waals surface area contributed by atoms with Crippen LogP contribution in [-0.4, -0.2) is 29.2 Å². The van der Waals surface area contributed by atoms with Crippen molar-refractivity contribution in [3.63, 3.8) is 0 Å². The van der Waals surface area contributed by atoms with Gasteiger partial charge in [0.2, 0.25) is 0 Å². The van der Waals surface area contributed by atoms with Gasteiger partial charge in [-0.15, -0.1) is 0 Å². The molecular formula is C12H23NO2. The highest BCUT2D eigenvalue weighted by atomic mass is 16.6. The minimum atomic E-state index is -0.389. The van der Waals surface area contributed by atoms with Gasteiger partial charge in [-0.25, -0.2) is 4.79 Å². The zero-order chi connectivity index (χ0) is 11.6. The number of hydrogen-bond acceptors (Lipinski definition) is 2. The number of carbonyl (C=O) groups is 1. The lowest BCUT2D eigenvalue weighted by atomic mass is 9.94. The summed E-state index contributed by atoms with van der Waals surface area (Å²) >= 11 is 0. The van der Waals surface area contributed by atoms with Gasteiger partial charge in [0.25, 0.3) is 0 Å². The maximum atomic E-state index is 11.8. The van der Waals surface area contributed by atoms with Crippen LogP contribution in [-0.2, 0) is 4.74 Å². The molecule has 0 aromatic heterocycles. The SMILES string of the molecule is C[C@H]1CCN(C(=O)OC(C)(C)C)[C@H](C)C1. The van der Waals surface area contributed by atoms with E-state index < -0.39 is 0 Å². The molecule has 1 saturated heterocycles. The first-order valence-corrected chi connectivity index (χ1v) is 5.79. The van der Waals surface area contributed by atoms with Crippen LogP contribution in [0.1, 0.15) is 47.5 Å². The van der Waals surface area contributed by atoms with Crippen molar-refractivity contribution in [1.29, 1.82) is 0 Å². The van der Waals surface area contributed by atoms with E-state index in [-0.39, 0.29) is 11.7 Å². The first kappa shape index (κ1) is 12.3. The average Bonchev–Trinajstić information content (AvgIpc) is 1.99. The summed E-state index contributed by atoms with van der Waals surface area (Å²) in [6, 6.07) is 0.309. The van der Waals surface area contributed by atoms with Crippen molar-refractivity contribution >= 4 is 6.09 Å². The van der Waals surface area contributed by atoms with Gasteiger partial charge in [0.1, 0.15) is 5.60 Å². The number of rotatable bonds is 0. The lowest BCUT2D eigenvalue weighted by Gasteiger charge is -2.37. The molecule has 1 aliphatic heterocycles. The summed E-state index contributed by atoms with van der Waals surface area (Å²) in [5, 5.41) is 0. The summed E-state index contributed by atoms with van der Waals surface area (Å²) in [5.74, 6) is 0.721. The standard InChI is InChI=1S/C12H23NO2/c1-9-6-7-13(10(2)8-9)11(14)15-12(3,4)5/h9-10H,6-8H2,1-5H3/t9-,10+/m0/s1. The second-order valence-corrected chi connectivity index (χ2v) is 5.65. The van der Waals surface area contributed by atoms with Crippen molar-refractivity contribution in [3.05, 3.63) is 0 Å². The molecule has 3 nitrogen and oxygen atoms in total. The Morgan fingerprint density at radius 1 is 1.33 bits per heavy atom. The maximum absolute atomic E-state index is 11.8. The second kappa shape index (κ2) is 4.42. The number of ether oxygens (including phenoxy) is 1. The van der Waals surface area contributed by atoms with Crippen molar-refractivity contribution in [2.24, 2.45) is 5.92 Å². The molecule has 15 heavy (non-hydrogen) atoms. The van der Waals surface area contributed by atoms with E-state index in [1.165, 1.54) is 0 Å².